The van der Waals surface area contributed by atoms with E-state index in [0.29, 0.717) is 19.6 Å². The molecule has 0 aliphatic carbocycles. The number of nitrogens with one attached hydrogen (secondary N) is 1. The second-order valence-corrected chi connectivity index (χ2v) is 7.40. The topological polar surface area (TPSA) is 41.6 Å². The summed E-state index contributed by atoms with van der Waals surface area (Å²) in [5.41, 5.74) is 0. The molecular formula is C16H20N2O2S2. The van der Waals surface area contributed by atoms with Crippen molar-refractivity contribution in [1.82, 2.24) is 10.2 Å². The van der Waals surface area contributed by atoms with Crippen molar-refractivity contribution in [2.75, 3.05) is 13.2 Å². The number of amides is 2. The van der Waals surface area contributed by atoms with Gasteiger partial charge in [-0.3, -0.25) is 0 Å². The highest BCUT2D eigenvalue weighted by Gasteiger charge is 2.23. The largest absolute Gasteiger partial charge is 0.376 e. The molecule has 1 fully saturated rings. The summed E-state index contributed by atoms with van der Waals surface area (Å²) in [6.45, 7) is 2.71. The fourth-order valence-corrected chi connectivity index (χ4v) is 3.90. The van der Waals surface area contributed by atoms with Gasteiger partial charge in [0.15, 0.2) is 0 Å². The van der Waals surface area contributed by atoms with Gasteiger partial charge in [-0.1, -0.05) is 12.1 Å². The average molecular weight is 336 g/mol. The summed E-state index contributed by atoms with van der Waals surface area (Å²) in [6, 6.07) is 8.11. The summed E-state index contributed by atoms with van der Waals surface area (Å²) >= 11 is 3.34. The number of nitrogens with zero attached hydrogens (tertiary/aromatic N) is 1. The first-order chi connectivity index (χ1) is 10.8. The van der Waals surface area contributed by atoms with Gasteiger partial charge in [0.1, 0.15) is 0 Å². The molecule has 2 aromatic rings. The lowest BCUT2D eigenvalue weighted by Crippen LogP contribution is -2.42. The van der Waals surface area contributed by atoms with Crippen LogP contribution in [0.25, 0.3) is 0 Å². The number of thiophene rings is 2. The van der Waals surface area contributed by atoms with Crippen LogP contribution in [0.15, 0.2) is 35.0 Å². The first kappa shape index (κ1) is 15.5. The third kappa shape index (κ3) is 4.32. The van der Waals surface area contributed by atoms with E-state index in [1.165, 1.54) is 9.75 Å². The Morgan fingerprint density at radius 1 is 1.27 bits per heavy atom. The van der Waals surface area contributed by atoms with Crippen LogP contribution in [0.1, 0.15) is 22.6 Å². The molecule has 0 saturated carbocycles. The molecule has 0 bridgehead atoms. The Morgan fingerprint density at radius 2 is 2.05 bits per heavy atom. The maximum absolute atomic E-state index is 12.5. The number of carbonyl (C=O) groups is 1. The Labute approximate surface area is 138 Å². The average Bonchev–Trinajstić information content (AvgIpc) is 3.27. The Morgan fingerprint density at radius 3 is 2.68 bits per heavy atom. The lowest BCUT2D eigenvalue weighted by atomic mass is 10.2. The SMILES string of the molecule is O=C(NCc1cccs1)N(Cc1cccs1)CC1CCCO1. The Kier molecular flexibility index (Phi) is 5.48. The summed E-state index contributed by atoms with van der Waals surface area (Å²) in [6.07, 6.45) is 2.31. The zero-order chi connectivity index (χ0) is 15.2. The van der Waals surface area contributed by atoms with E-state index in [-0.39, 0.29) is 12.1 Å². The van der Waals surface area contributed by atoms with E-state index >= 15 is 0 Å². The molecule has 1 atom stereocenters. The van der Waals surface area contributed by atoms with Gasteiger partial charge in [-0.25, -0.2) is 4.79 Å². The van der Waals surface area contributed by atoms with E-state index in [9.17, 15) is 4.79 Å². The first-order valence-electron chi connectivity index (χ1n) is 7.50. The highest BCUT2D eigenvalue weighted by Crippen LogP contribution is 2.17. The fourth-order valence-electron chi connectivity index (χ4n) is 2.53. The van der Waals surface area contributed by atoms with Gasteiger partial charge in [-0.05, 0) is 35.7 Å². The van der Waals surface area contributed by atoms with E-state index < -0.39 is 0 Å². The maximum atomic E-state index is 12.5. The van der Waals surface area contributed by atoms with Crippen LogP contribution in [0, 0.1) is 0 Å². The molecule has 1 aliphatic heterocycles. The quantitative estimate of drug-likeness (QED) is 0.874. The molecule has 0 spiro atoms. The lowest BCUT2D eigenvalue weighted by Gasteiger charge is -2.25. The van der Waals surface area contributed by atoms with Crippen LogP contribution in [-0.4, -0.2) is 30.2 Å². The zero-order valence-electron chi connectivity index (χ0n) is 12.4. The van der Waals surface area contributed by atoms with Gasteiger partial charge in [0.25, 0.3) is 0 Å². The molecule has 3 heterocycles. The monoisotopic (exact) mass is 336 g/mol. The van der Waals surface area contributed by atoms with E-state index in [1.54, 1.807) is 22.7 Å². The van der Waals surface area contributed by atoms with Gasteiger partial charge in [0.05, 0.1) is 19.2 Å². The standard InChI is InChI=1S/C16H20N2O2S2/c19-16(17-10-14-5-2-8-21-14)18(11-13-4-1-7-20-13)12-15-6-3-9-22-15/h2-3,5-6,8-9,13H,1,4,7,10-12H2,(H,17,19). The van der Waals surface area contributed by atoms with Gasteiger partial charge in [-0.15, -0.1) is 22.7 Å². The van der Waals surface area contributed by atoms with Gasteiger partial charge >= 0.3 is 6.03 Å². The third-order valence-electron chi connectivity index (χ3n) is 3.66. The van der Waals surface area contributed by atoms with Crippen LogP contribution in [-0.2, 0) is 17.8 Å². The molecule has 0 radical (unpaired) electrons. The molecule has 1 N–H and O–H groups in total. The van der Waals surface area contributed by atoms with Crippen LogP contribution in [0.3, 0.4) is 0 Å². The van der Waals surface area contributed by atoms with Gasteiger partial charge < -0.3 is 15.0 Å². The highest BCUT2D eigenvalue weighted by molar-refractivity contribution is 7.10. The van der Waals surface area contributed by atoms with Crippen LogP contribution in [0.2, 0.25) is 0 Å². The van der Waals surface area contributed by atoms with Crippen molar-refractivity contribution in [3.8, 4) is 0 Å². The van der Waals surface area contributed by atoms with Crippen LogP contribution in [0.5, 0.6) is 0 Å². The number of carbonyl (C=O) groups excluding carboxylic acids is 1. The highest BCUT2D eigenvalue weighted by atomic mass is 32.1. The zero-order valence-corrected chi connectivity index (χ0v) is 14.0. The van der Waals surface area contributed by atoms with Crippen molar-refractivity contribution in [2.45, 2.75) is 32.0 Å². The fraction of sp³-hybridized carbons (Fsp3) is 0.438. The van der Waals surface area contributed by atoms with Gasteiger partial charge in [-0.2, -0.15) is 0 Å². The van der Waals surface area contributed by atoms with Crippen LogP contribution in [0.4, 0.5) is 4.79 Å². The smallest absolute Gasteiger partial charge is 0.318 e. The molecule has 4 nitrogen and oxygen atoms in total. The Hall–Kier alpha value is -1.37. The molecule has 22 heavy (non-hydrogen) atoms. The number of hydrogen-bond donors (Lipinski definition) is 1. The number of ether oxygens (including phenoxy) is 1. The number of urea groups is 1. The molecule has 3 rings (SSSR count). The van der Waals surface area contributed by atoms with E-state index in [4.69, 9.17) is 4.74 Å². The van der Waals surface area contributed by atoms with E-state index in [1.807, 2.05) is 33.9 Å². The molecule has 0 aromatic carbocycles. The van der Waals surface area contributed by atoms with E-state index in [2.05, 4.69) is 11.4 Å². The Bertz CT molecular complexity index is 563. The van der Waals surface area contributed by atoms with Crippen LogP contribution < -0.4 is 5.32 Å². The first-order valence-corrected chi connectivity index (χ1v) is 9.26. The third-order valence-corrected chi connectivity index (χ3v) is 5.39. The number of rotatable bonds is 6. The van der Waals surface area contributed by atoms with Crippen molar-refractivity contribution in [1.29, 1.82) is 0 Å². The molecular weight excluding hydrogens is 316 g/mol. The molecule has 118 valence electrons. The minimum Gasteiger partial charge on any atom is -0.376 e. The summed E-state index contributed by atoms with van der Waals surface area (Å²) in [5.74, 6) is 0. The normalized spacial score (nSPS) is 17.5. The molecule has 1 unspecified atom stereocenters. The molecule has 1 saturated heterocycles. The van der Waals surface area contributed by atoms with Gasteiger partial charge in [0.2, 0.25) is 0 Å². The lowest BCUT2D eigenvalue weighted by molar-refractivity contribution is 0.0797. The summed E-state index contributed by atoms with van der Waals surface area (Å²) in [5, 5.41) is 7.09. The second-order valence-electron chi connectivity index (χ2n) is 5.33. The Balaban J connectivity index is 1.59. The molecule has 2 amide bonds. The van der Waals surface area contributed by atoms with Crippen molar-refractivity contribution >= 4 is 28.7 Å². The maximum Gasteiger partial charge on any atom is 0.318 e. The van der Waals surface area contributed by atoms with Gasteiger partial charge in [0, 0.05) is 22.9 Å². The summed E-state index contributed by atoms with van der Waals surface area (Å²) < 4.78 is 5.69. The summed E-state index contributed by atoms with van der Waals surface area (Å²) in [7, 11) is 0. The molecule has 2 aromatic heterocycles. The van der Waals surface area contributed by atoms with Crippen molar-refractivity contribution in [2.24, 2.45) is 0 Å². The minimum atomic E-state index is -0.0164. The second kappa shape index (κ2) is 7.76. The predicted molar refractivity (Wildman–Crippen MR) is 90.3 cm³/mol. The molecule has 1 aliphatic rings. The van der Waals surface area contributed by atoms with Crippen molar-refractivity contribution in [3.05, 3.63) is 44.8 Å². The minimum absolute atomic E-state index is 0.0164. The number of hydrogen-bond acceptors (Lipinski definition) is 4. The summed E-state index contributed by atoms with van der Waals surface area (Å²) in [4.78, 5) is 16.8. The van der Waals surface area contributed by atoms with Crippen LogP contribution >= 0.6 is 22.7 Å². The van der Waals surface area contributed by atoms with E-state index in [0.717, 1.165) is 19.4 Å². The predicted octanol–water partition coefficient (Wildman–Crippen LogP) is 3.70. The molecule has 6 heteroatoms. The van der Waals surface area contributed by atoms with Crippen molar-refractivity contribution in [3.63, 3.8) is 0 Å². The van der Waals surface area contributed by atoms with Crippen molar-refractivity contribution < 1.29 is 9.53 Å².